The number of rotatable bonds is 4. The Bertz CT molecular complexity index is 320. The second-order valence-corrected chi connectivity index (χ2v) is 2.67. The molecular weight excluding hydrogens is 160 g/mol. The van der Waals surface area contributed by atoms with Crippen LogP contribution in [0.3, 0.4) is 0 Å². The molecule has 0 saturated heterocycles. The van der Waals surface area contributed by atoms with Crippen LogP contribution in [0.5, 0.6) is 0 Å². The SMILES string of the molecule is C#COCc1ccccc1CC=C. The first-order chi connectivity index (χ1) is 6.38. The molecule has 0 heterocycles. The molecule has 0 spiro atoms. The Kier molecular flexibility index (Phi) is 3.66. The Morgan fingerprint density at radius 3 is 2.69 bits per heavy atom. The van der Waals surface area contributed by atoms with E-state index in [0.717, 1.165) is 12.0 Å². The summed E-state index contributed by atoms with van der Waals surface area (Å²) in [4.78, 5) is 0. The third kappa shape index (κ3) is 2.68. The molecule has 0 bridgehead atoms. The minimum absolute atomic E-state index is 0.473. The lowest BCUT2D eigenvalue weighted by atomic mass is 10.1. The Labute approximate surface area is 79.0 Å². The summed E-state index contributed by atoms with van der Waals surface area (Å²) in [5, 5.41) is 0. The monoisotopic (exact) mass is 172 g/mol. The van der Waals surface area contributed by atoms with Crippen molar-refractivity contribution in [2.45, 2.75) is 13.0 Å². The first-order valence-electron chi connectivity index (χ1n) is 4.13. The van der Waals surface area contributed by atoms with Gasteiger partial charge in [-0.15, -0.1) is 6.58 Å². The van der Waals surface area contributed by atoms with Crippen LogP contribution in [0.25, 0.3) is 0 Å². The van der Waals surface area contributed by atoms with Gasteiger partial charge in [0, 0.05) is 0 Å². The summed E-state index contributed by atoms with van der Waals surface area (Å²) in [6.45, 7) is 4.17. The highest BCUT2D eigenvalue weighted by Crippen LogP contribution is 2.10. The molecule has 0 aliphatic rings. The van der Waals surface area contributed by atoms with Gasteiger partial charge in [0.2, 0.25) is 0 Å². The van der Waals surface area contributed by atoms with Crippen molar-refractivity contribution in [1.29, 1.82) is 0 Å². The largest absolute Gasteiger partial charge is 0.442 e. The minimum Gasteiger partial charge on any atom is -0.442 e. The minimum atomic E-state index is 0.473. The summed E-state index contributed by atoms with van der Waals surface area (Å²) < 4.78 is 4.90. The Balaban J connectivity index is 2.78. The van der Waals surface area contributed by atoms with E-state index in [2.05, 4.69) is 18.8 Å². The maximum Gasteiger partial charge on any atom is 0.125 e. The van der Waals surface area contributed by atoms with E-state index in [1.807, 2.05) is 24.3 Å². The zero-order valence-electron chi connectivity index (χ0n) is 7.49. The molecule has 0 fully saturated rings. The van der Waals surface area contributed by atoms with E-state index in [9.17, 15) is 0 Å². The summed E-state index contributed by atoms with van der Waals surface area (Å²) in [5.74, 6) is 0. The molecule has 66 valence electrons. The highest BCUT2D eigenvalue weighted by Gasteiger charge is 1.98. The van der Waals surface area contributed by atoms with Crippen LogP contribution in [0.4, 0.5) is 0 Å². The van der Waals surface area contributed by atoms with Crippen LogP contribution in [-0.4, -0.2) is 0 Å². The van der Waals surface area contributed by atoms with E-state index in [1.165, 1.54) is 5.56 Å². The number of allylic oxidation sites excluding steroid dienone is 1. The van der Waals surface area contributed by atoms with Crippen molar-refractivity contribution in [2.75, 3.05) is 0 Å². The van der Waals surface area contributed by atoms with Gasteiger partial charge in [0.1, 0.15) is 12.7 Å². The van der Waals surface area contributed by atoms with Crippen LogP contribution in [0, 0.1) is 12.5 Å². The van der Waals surface area contributed by atoms with Gasteiger partial charge in [0.25, 0.3) is 0 Å². The van der Waals surface area contributed by atoms with Crippen molar-refractivity contribution in [1.82, 2.24) is 0 Å². The van der Waals surface area contributed by atoms with Gasteiger partial charge in [0.05, 0.1) is 0 Å². The first-order valence-corrected chi connectivity index (χ1v) is 4.13. The molecule has 1 heteroatoms. The molecule has 13 heavy (non-hydrogen) atoms. The zero-order valence-corrected chi connectivity index (χ0v) is 7.49. The molecule has 1 nitrogen and oxygen atoms in total. The molecule has 0 N–H and O–H groups in total. The summed E-state index contributed by atoms with van der Waals surface area (Å²) in [5.41, 5.74) is 2.34. The van der Waals surface area contributed by atoms with Gasteiger partial charge in [-0.3, -0.25) is 0 Å². The summed E-state index contributed by atoms with van der Waals surface area (Å²) in [6.07, 6.45) is 9.89. The van der Waals surface area contributed by atoms with Crippen LogP contribution in [0.2, 0.25) is 0 Å². The number of hydrogen-bond acceptors (Lipinski definition) is 1. The van der Waals surface area contributed by atoms with Gasteiger partial charge in [-0.2, -0.15) is 0 Å². The molecule has 0 amide bonds. The quantitative estimate of drug-likeness (QED) is 0.501. The molecule has 0 saturated carbocycles. The average Bonchev–Trinajstić information content (AvgIpc) is 2.17. The molecule has 0 aliphatic carbocycles. The standard InChI is InChI=1S/C12H12O/c1-3-7-11-8-5-6-9-12(11)10-13-4-2/h2-3,5-6,8-9H,1,7,10H2. The molecule has 0 unspecified atom stereocenters. The van der Waals surface area contributed by atoms with E-state index in [1.54, 1.807) is 0 Å². The molecule has 1 aromatic rings. The van der Waals surface area contributed by atoms with E-state index >= 15 is 0 Å². The van der Waals surface area contributed by atoms with Crippen molar-refractivity contribution in [3.63, 3.8) is 0 Å². The van der Waals surface area contributed by atoms with Crippen molar-refractivity contribution < 1.29 is 4.74 Å². The maximum absolute atomic E-state index is 5.01. The Hall–Kier alpha value is -1.68. The third-order valence-corrected chi connectivity index (χ3v) is 1.79. The fourth-order valence-corrected chi connectivity index (χ4v) is 1.17. The van der Waals surface area contributed by atoms with Crippen molar-refractivity contribution in [3.8, 4) is 12.5 Å². The summed E-state index contributed by atoms with van der Waals surface area (Å²) >= 11 is 0. The second kappa shape index (κ2) is 5.05. The predicted molar refractivity (Wildman–Crippen MR) is 54.0 cm³/mol. The van der Waals surface area contributed by atoms with Crippen LogP contribution < -0.4 is 0 Å². The molecule has 1 aromatic carbocycles. The van der Waals surface area contributed by atoms with Crippen LogP contribution in [0.1, 0.15) is 11.1 Å². The van der Waals surface area contributed by atoms with Gasteiger partial charge in [-0.05, 0) is 17.5 Å². The highest BCUT2D eigenvalue weighted by atomic mass is 16.5. The fourth-order valence-electron chi connectivity index (χ4n) is 1.17. The van der Waals surface area contributed by atoms with E-state index in [4.69, 9.17) is 11.2 Å². The van der Waals surface area contributed by atoms with Crippen molar-refractivity contribution in [3.05, 3.63) is 48.0 Å². The van der Waals surface area contributed by atoms with Gasteiger partial charge in [-0.25, -0.2) is 0 Å². The number of ether oxygens (including phenoxy) is 1. The smallest absolute Gasteiger partial charge is 0.125 e. The van der Waals surface area contributed by atoms with Gasteiger partial charge < -0.3 is 4.74 Å². The molecule has 0 radical (unpaired) electrons. The number of benzene rings is 1. The van der Waals surface area contributed by atoms with Gasteiger partial charge >= 0.3 is 0 Å². The third-order valence-electron chi connectivity index (χ3n) is 1.79. The van der Waals surface area contributed by atoms with Crippen LogP contribution >= 0.6 is 0 Å². The van der Waals surface area contributed by atoms with Gasteiger partial charge in [0.15, 0.2) is 0 Å². The highest BCUT2D eigenvalue weighted by molar-refractivity contribution is 5.28. The fraction of sp³-hybridized carbons (Fsp3) is 0.167. The molecular formula is C12H12O. The average molecular weight is 172 g/mol. The van der Waals surface area contributed by atoms with Crippen molar-refractivity contribution in [2.24, 2.45) is 0 Å². The number of hydrogen-bond donors (Lipinski definition) is 0. The molecule has 1 rings (SSSR count). The van der Waals surface area contributed by atoms with Gasteiger partial charge in [-0.1, -0.05) is 36.8 Å². The topological polar surface area (TPSA) is 9.23 Å². The Morgan fingerprint density at radius 1 is 1.38 bits per heavy atom. The maximum atomic E-state index is 5.01. The van der Waals surface area contributed by atoms with E-state index in [-0.39, 0.29) is 0 Å². The van der Waals surface area contributed by atoms with Crippen LogP contribution in [0.15, 0.2) is 36.9 Å². The molecule has 0 aromatic heterocycles. The molecule has 0 aliphatic heterocycles. The zero-order chi connectivity index (χ0) is 9.52. The number of terminal acetylenes is 1. The van der Waals surface area contributed by atoms with Crippen LogP contribution in [-0.2, 0) is 17.8 Å². The van der Waals surface area contributed by atoms with Crippen molar-refractivity contribution >= 4 is 0 Å². The predicted octanol–water partition coefficient (Wildman–Crippen LogP) is 2.52. The summed E-state index contributed by atoms with van der Waals surface area (Å²) in [6, 6.07) is 8.03. The lowest BCUT2D eigenvalue weighted by Crippen LogP contribution is -1.93. The Morgan fingerprint density at radius 2 is 2.08 bits per heavy atom. The lowest BCUT2D eigenvalue weighted by Gasteiger charge is -2.05. The normalized spacial score (nSPS) is 8.85. The molecule has 0 atom stereocenters. The first kappa shape index (κ1) is 9.41. The summed E-state index contributed by atoms with van der Waals surface area (Å²) in [7, 11) is 0. The lowest BCUT2D eigenvalue weighted by molar-refractivity contribution is 0.264. The van der Waals surface area contributed by atoms with E-state index < -0.39 is 0 Å². The second-order valence-electron chi connectivity index (χ2n) is 2.67. The van der Waals surface area contributed by atoms with E-state index in [0.29, 0.717) is 6.61 Å².